The predicted molar refractivity (Wildman–Crippen MR) is 155 cm³/mol. The normalized spacial score (nSPS) is 20.5. The molecule has 1 aliphatic carbocycles. The van der Waals surface area contributed by atoms with Gasteiger partial charge in [0.2, 0.25) is 11.8 Å². The first-order chi connectivity index (χ1) is 19.6. The second-order valence-electron chi connectivity index (χ2n) is 11.4. The minimum atomic E-state index is -0.486. The van der Waals surface area contributed by atoms with Gasteiger partial charge in [-0.2, -0.15) is 0 Å². The van der Waals surface area contributed by atoms with E-state index in [9.17, 15) is 23.9 Å². The van der Waals surface area contributed by atoms with E-state index in [2.05, 4.69) is 10.6 Å². The van der Waals surface area contributed by atoms with Crippen molar-refractivity contribution in [2.45, 2.75) is 64.5 Å². The Hall–Kier alpha value is -3.66. The summed E-state index contributed by atoms with van der Waals surface area (Å²) in [5, 5.41) is 15.6. The van der Waals surface area contributed by atoms with Crippen LogP contribution in [-0.2, 0) is 16.0 Å². The van der Waals surface area contributed by atoms with E-state index in [1.807, 2.05) is 6.92 Å². The molecule has 41 heavy (non-hydrogen) atoms. The average Bonchev–Trinajstić information content (AvgIpc) is 3.01. The van der Waals surface area contributed by atoms with Crippen molar-refractivity contribution < 1.29 is 28.6 Å². The van der Waals surface area contributed by atoms with E-state index < -0.39 is 18.0 Å². The number of carbonyl (C=O) groups excluding carboxylic acids is 3. The molecular formula is C31H41FN4O5. The highest BCUT2D eigenvalue weighted by molar-refractivity contribution is 5.93. The molecule has 2 aliphatic rings. The standard InChI is InChI=1S/C31H41FN4O5/c1-20-17-36(21(2)19-37)29(38)16-23-15-26(33-30(39)22-7-5-4-6-8-22)13-14-27(23)41-28(20)18-35(3)31(40)34-25-11-9-24(32)10-12-25/h9-15,20-22,28,37H,4-8,16-19H2,1-3H3,(H,33,39)(H,34,40)/t20-,21+,28-/m0/s1. The molecule has 0 spiro atoms. The summed E-state index contributed by atoms with van der Waals surface area (Å²) in [6, 6.07) is 10.1. The molecule has 4 rings (SSSR count). The van der Waals surface area contributed by atoms with Crippen molar-refractivity contribution >= 4 is 29.2 Å². The highest BCUT2D eigenvalue weighted by atomic mass is 19.1. The lowest BCUT2D eigenvalue weighted by atomic mass is 9.88. The van der Waals surface area contributed by atoms with Crippen LogP contribution < -0.4 is 15.4 Å². The summed E-state index contributed by atoms with van der Waals surface area (Å²) in [6.45, 7) is 4.10. The van der Waals surface area contributed by atoms with Gasteiger partial charge in [0, 0.05) is 42.4 Å². The third-order valence-corrected chi connectivity index (χ3v) is 8.06. The number of rotatable bonds is 7. The fraction of sp³-hybridized carbons (Fsp3) is 0.516. The minimum absolute atomic E-state index is 0.00391. The lowest BCUT2D eigenvalue weighted by molar-refractivity contribution is -0.134. The summed E-state index contributed by atoms with van der Waals surface area (Å²) in [7, 11) is 1.64. The monoisotopic (exact) mass is 568 g/mol. The molecule has 0 unspecified atom stereocenters. The summed E-state index contributed by atoms with van der Waals surface area (Å²) < 4.78 is 19.7. The zero-order chi connectivity index (χ0) is 29.5. The lowest BCUT2D eigenvalue weighted by Crippen LogP contribution is -2.48. The molecule has 10 heteroatoms. The van der Waals surface area contributed by atoms with Crippen molar-refractivity contribution in [3.05, 3.63) is 53.8 Å². The summed E-state index contributed by atoms with van der Waals surface area (Å²) in [5.74, 6) is -0.231. The SMILES string of the molecule is C[C@H](CO)N1C[C@H](C)[C@H](CN(C)C(=O)Nc2ccc(F)cc2)Oc2ccc(NC(=O)C3CCCCC3)cc2CC1=O. The first-order valence-electron chi connectivity index (χ1n) is 14.4. The van der Waals surface area contributed by atoms with Crippen LogP contribution in [0.1, 0.15) is 51.5 Å². The summed E-state index contributed by atoms with van der Waals surface area (Å²) in [4.78, 5) is 42.4. The Bertz CT molecular complexity index is 1220. The topological polar surface area (TPSA) is 111 Å². The predicted octanol–water partition coefficient (Wildman–Crippen LogP) is 4.66. The maximum Gasteiger partial charge on any atom is 0.321 e. The molecule has 2 aromatic rings. The molecule has 222 valence electrons. The van der Waals surface area contributed by atoms with Crippen LogP contribution in [0.25, 0.3) is 0 Å². The molecular weight excluding hydrogens is 527 g/mol. The van der Waals surface area contributed by atoms with Gasteiger partial charge in [-0.3, -0.25) is 9.59 Å². The van der Waals surface area contributed by atoms with Crippen molar-refractivity contribution in [2.75, 3.05) is 37.4 Å². The molecule has 0 saturated heterocycles. The molecule has 2 aromatic carbocycles. The Kier molecular flexibility index (Phi) is 10.2. The van der Waals surface area contributed by atoms with Gasteiger partial charge in [-0.25, -0.2) is 9.18 Å². The minimum Gasteiger partial charge on any atom is -0.488 e. The number of anilines is 2. The number of halogens is 1. The molecule has 9 nitrogen and oxygen atoms in total. The molecule has 1 saturated carbocycles. The Morgan fingerprint density at radius 2 is 1.78 bits per heavy atom. The number of ether oxygens (including phenoxy) is 1. The number of carbonyl (C=O) groups is 3. The van der Waals surface area contributed by atoms with Crippen molar-refractivity contribution in [1.29, 1.82) is 0 Å². The van der Waals surface area contributed by atoms with Crippen LogP contribution in [0.5, 0.6) is 5.75 Å². The van der Waals surface area contributed by atoms with Gasteiger partial charge in [-0.1, -0.05) is 26.2 Å². The number of amides is 4. The van der Waals surface area contributed by atoms with Gasteiger partial charge in [0.25, 0.3) is 0 Å². The number of nitrogens with one attached hydrogen (secondary N) is 2. The first kappa shape index (κ1) is 30.3. The lowest BCUT2D eigenvalue weighted by Gasteiger charge is -2.34. The zero-order valence-corrected chi connectivity index (χ0v) is 24.1. The van der Waals surface area contributed by atoms with E-state index in [1.54, 1.807) is 37.1 Å². The van der Waals surface area contributed by atoms with Gasteiger partial charge in [0.1, 0.15) is 17.7 Å². The number of urea groups is 1. The van der Waals surface area contributed by atoms with Crippen LogP contribution >= 0.6 is 0 Å². The molecule has 3 atom stereocenters. The van der Waals surface area contributed by atoms with E-state index in [4.69, 9.17) is 4.74 Å². The van der Waals surface area contributed by atoms with Crippen molar-refractivity contribution in [2.24, 2.45) is 11.8 Å². The molecule has 4 amide bonds. The van der Waals surface area contributed by atoms with Crippen LogP contribution in [0.15, 0.2) is 42.5 Å². The van der Waals surface area contributed by atoms with Crippen LogP contribution in [0.3, 0.4) is 0 Å². The smallest absolute Gasteiger partial charge is 0.321 e. The van der Waals surface area contributed by atoms with Gasteiger partial charge in [0.15, 0.2) is 0 Å². The number of benzene rings is 2. The summed E-state index contributed by atoms with van der Waals surface area (Å²) >= 11 is 0. The Morgan fingerprint density at radius 1 is 1.10 bits per heavy atom. The van der Waals surface area contributed by atoms with E-state index in [1.165, 1.54) is 29.2 Å². The van der Waals surface area contributed by atoms with Gasteiger partial charge < -0.3 is 30.3 Å². The summed E-state index contributed by atoms with van der Waals surface area (Å²) in [5.41, 5.74) is 1.70. The molecule has 1 heterocycles. The maximum atomic E-state index is 13.4. The summed E-state index contributed by atoms with van der Waals surface area (Å²) in [6.07, 6.45) is 4.60. The number of hydrogen-bond donors (Lipinski definition) is 3. The second-order valence-corrected chi connectivity index (χ2v) is 11.4. The number of likely N-dealkylation sites (N-methyl/N-ethyl adjacent to an activating group) is 1. The van der Waals surface area contributed by atoms with E-state index in [-0.39, 0.29) is 49.3 Å². The molecule has 1 fully saturated rings. The maximum absolute atomic E-state index is 13.4. The Morgan fingerprint density at radius 3 is 2.46 bits per heavy atom. The fourth-order valence-corrected chi connectivity index (χ4v) is 5.44. The first-order valence-corrected chi connectivity index (χ1v) is 14.4. The molecule has 0 bridgehead atoms. The Balaban J connectivity index is 1.55. The largest absolute Gasteiger partial charge is 0.488 e. The second kappa shape index (κ2) is 13.8. The number of nitrogens with zero attached hydrogens (tertiary/aromatic N) is 2. The third kappa shape index (κ3) is 7.97. The Labute approximate surface area is 241 Å². The van der Waals surface area contributed by atoms with Crippen molar-refractivity contribution in [3.63, 3.8) is 0 Å². The van der Waals surface area contributed by atoms with Crippen LogP contribution in [-0.4, -0.2) is 71.6 Å². The average molecular weight is 569 g/mol. The number of aliphatic hydroxyl groups excluding tert-OH is 1. The molecule has 0 radical (unpaired) electrons. The van der Waals surface area contributed by atoms with Gasteiger partial charge in [-0.05, 0) is 62.2 Å². The molecule has 1 aliphatic heterocycles. The van der Waals surface area contributed by atoms with Crippen LogP contribution in [0.4, 0.5) is 20.6 Å². The fourth-order valence-electron chi connectivity index (χ4n) is 5.44. The molecule has 0 aromatic heterocycles. The highest BCUT2D eigenvalue weighted by Gasteiger charge is 2.32. The number of hydrogen-bond acceptors (Lipinski definition) is 5. The van der Waals surface area contributed by atoms with Gasteiger partial charge >= 0.3 is 6.03 Å². The van der Waals surface area contributed by atoms with E-state index >= 15 is 0 Å². The number of fused-ring (bicyclic) bond motifs is 1. The molecule has 3 N–H and O–H groups in total. The van der Waals surface area contributed by atoms with Crippen LogP contribution in [0, 0.1) is 17.7 Å². The van der Waals surface area contributed by atoms with Gasteiger partial charge in [0.05, 0.1) is 25.6 Å². The highest BCUT2D eigenvalue weighted by Crippen LogP contribution is 2.30. The van der Waals surface area contributed by atoms with E-state index in [0.29, 0.717) is 29.2 Å². The quantitative estimate of drug-likeness (QED) is 0.450. The third-order valence-electron chi connectivity index (χ3n) is 8.06. The van der Waals surface area contributed by atoms with E-state index in [0.717, 1.165) is 32.1 Å². The van der Waals surface area contributed by atoms with Crippen molar-refractivity contribution in [1.82, 2.24) is 9.80 Å². The van der Waals surface area contributed by atoms with Gasteiger partial charge in [-0.15, -0.1) is 0 Å². The van der Waals surface area contributed by atoms with Crippen molar-refractivity contribution in [3.8, 4) is 5.75 Å². The van der Waals surface area contributed by atoms with Crippen LogP contribution in [0.2, 0.25) is 0 Å². The zero-order valence-electron chi connectivity index (χ0n) is 24.1. The number of aliphatic hydroxyl groups is 1.